The van der Waals surface area contributed by atoms with Gasteiger partial charge in [0.15, 0.2) is 5.13 Å². The summed E-state index contributed by atoms with van der Waals surface area (Å²) in [6.07, 6.45) is 0. The van der Waals surface area contributed by atoms with Crippen LogP contribution in [0.15, 0.2) is 66.7 Å². The van der Waals surface area contributed by atoms with Crippen molar-refractivity contribution in [1.29, 1.82) is 0 Å². The Morgan fingerprint density at radius 2 is 1.59 bits per heavy atom. The molecule has 0 saturated heterocycles. The Morgan fingerprint density at radius 3 is 2.22 bits per heavy atom. The Hall–Kier alpha value is -3.78. The topological polar surface area (TPSA) is 91.3 Å². The molecule has 4 aromatic rings. The summed E-state index contributed by atoms with van der Waals surface area (Å²) in [6, 6.07) is 19.2. The van der Waals surface area contributed by atoms with Gasteiger partial charge in [0.05, 0.1) is 10.2 Å². The standard InChI is InChI=1S/C24H20FN3O3S/c1-24(2,22(30)31)28-21(29)16-5-3-14(4-6-16)15-7-10-18(11-8-15)26-23-27-19-12-9-17(25)13-20(19)32-23/h3-13H,1-2H3,(H,26,27)(H,28,29)(H,30,31). The van der Waals surface area contributed by atoms with Crippen molar-refractivity contribution < 1.29 is 19.1 Å². The molecule has 0 saturated carbocycles. The van der Waals surface area contributed by atoms with Crippen molar-refractivity contribution in [1.82, 2.24) is 10.3 Å². The van der Waals surface area contributed by atoms with Crippen molar-refractivity contribution in [2.75, 3.05) is 5.32 Å². The van der Waals surface area contributed by atoms with E-state index in [2.05, 4.69) is 15.6 Å². The number of carboxylic acid groups (broad SMARTS) is 1. The highest BCUT2D eigenvalue weighted by Gasteiger charge is 2.29. The molecule has 1 heterocycles. The zero-order chi connectivity index (χ0) is 22.9. The summed E-state index contributed by atoms with van der Waals surface area (Å²) in [7, 11) is 0. The van der Waals surface area contributed by atoms with Crippen LogP contribution in [0.2, 0.25) is 0 Å². The molecule has 3 aromatic carbocycles. The summed E-state index contributed by atoms with van der Waals surface area (Å²) >= 11 is 1.38. The van der Waals surface area contributed by atoms with Crippen molar-refractivity contribution >= 4 is 44.2 Å². The molecule has 0 aliphatic carbocycles. The number of nitrogens with one attached hydrogen (secondary N) is 2. The first-order chi connectivity index (χ1) is 15.2. The van der Waals surface area contributed by atoms with E-state index in [1.807, 2.05) is 36.4 Å². The van der Waals surface area contributed by atoms with E-state index in [4.69, 9.17) is 5.11 Å². The molecule has 1 amide bonds. The first kappa shape index (κ1) is 21.5. The van der Waals surface area contributed by atoms with Gasteiger partial charge in [0.2, 0.25) is 0 Å². The Morgan fingerprint density at radius 1 is 0.969 bits per heavy atom. The van der Waals surface area contributed by atoms with Crippen LogP contribution in [0.5, 0.6) is 0 Å². The lowest BCUT2D eigenvalue weighted by atomic mass is 10.0. The van der Waals surface area contributed by atoms with E-state index in [1.165, 1.54) is 37.3 Å². The van der Waals surface area contributed by atoms with E-state index in [0.29, 0.717) is 10.7 Å². The first-order valence-electron chi connectivity index (χ1n) is 9.81. The van der Waals surface area contributed by atoms with E-state index in [9.17, 15) is 14.0 Å². The fourth-order valence-electron chi connectivity index (χ4n) is 3.04. The maximum Gasteiger partial charge on any atom is 0.328 e. The molecule has 8 heteroatoms. The second-order valence-electron chi connectivity index (χ2n) is 7.80. The maximum atomic E-state index is 13.4. The summed E-state index contributed by atoms with van der Waals surface area (Å²) in [5.74, 6) is -1.83. The number of hydrogen-bond donors (Lipinski definition) is 3. The van der Waals surface area contributed by atoms with Crippen LogP contribution in [0.3, 0.4) is 0 Å². The van der Waals surface area contributed by atoms with Crippen LogP contribution in [0.1, 0.15) is 24.2 Å². The molecule has 1 aromatic heterocycles. The number of aliphatic carboxylic acids is 1. The molecule has 32 heavy (non-hydrogen) atoms. The predicted molar refractivity (Wildman–Crippen MR) is 124 cm³/mol. The lowest BCUT2D eigenvalue weighted by Crippen LogP contribution is -2.49. The number of nitrogens with zero attached hydrogens (tertiary/aromatic N) is 1. The van der Waals surface area contributed by atoms with Gasteiger partial charge >= 0.3 is 5.97 Å². The van der Waals surface area contributed by atoms with E-state index >= 15 is 0 Å². The van der Waals surface area contributed by atoms with E-state index < -0.39 is 17.4 Å². The normalized spacial score (nSPS) is 11.3. The van der Waals surface area contributed by atoms with Crippen LogP contribution in [-0.4, -0.2) is 27.5 Å². The lowest BCUT2D eigenvalue weighted by molar-refractivity contribution is -0.143. The van der Waals surface area contributed by atoms with Crippen molar-refractivity contribution in [3.05, 3.63) is 78.1 Å². The van der Waals surface area contributed by atoms with Gasteiger partial charge < -0.3 is 15.7 Å². The zero-order valence-electron chi connectivity index (χ0n) is 17.3. The fourth-order valence-corrected chi connectivity index (χ4v) is 3.96. The molecule has 0 unspecified atom stereocenters. The average molecular weight is 450 g/mol. The number of thiazole rings is 1. The van der Waals surface area contributed by atoms with Gasteiger partial charge in [-0.3, -0.25) is 4.79 Å². The molecular weight excluding hydrogens is 429 g/mol. The third-order valence-electron chi connectivity index (χ3n) is 4.93. The van der Waals surface area contributed by atoms with Gasteiger partial charge in [-0.1, -0.05) is 35.6 Å². The quantitative estimate of drug-likeness (QED) is 0.365. The molecule has 3 N–H and O–H groups in total. The Labute approximate surface area is 187 Å². The van der Waals surface area contributed by atoms with Crippen molar-refractivity contribution in [2.24, 2.45) is 0 Å². The summed E-state index contributed by atoms with van der Waals surface area (Å²) < 4.78 is 14.1. The number of benzene rings is 3. The monoisotopic (exact) mass is 449 g/mol. The van der Waals surface area contributed by atoms with E-state index in [0.717, 1.165) is 27.0 Å². The number of anilines is 2. The van der Waals surface area contributed by atoms with Crippen LogP contribution in [-0.2, 0) is 4.79 Å². The minimum Gasteiger partial charge on any atom is -0.480 e. The summed E-state index contributed by atoms with van der Waals surface area (Å²) in [4.78, 5) is 28.0. The highest BCUT2D eigenvalue weighted by molar-refractivity contribution is 7.22. The van der Waals surface area contributed by atoms with Crippen LogP contribution in [0.4, 0.5) is 15.2 Å². The third-order valence-corrected chi connectivity index (χ3v) is 5.86. The highest BCUT2D eigenvalue weighted by Crippen LogP contribution is 2.30. The molecule has 162 valence electrons. The summed E-state index contributed by atoms with van der Waals surface area (Å²) in [6.45, 7) is 2.87. The minimum absolute atomic E-state index is 0.286. The van der Waals surface area contributed by atoms with Crippen molar-refractivity contribution in [3.8, 4) is 11.1 Å². The maximum absolute atomic E-state index is 13.4. The SMILES string of the molecule is CC(C)(NC(=O)c1ccc(-c2ccc(Nc3nc4ccc(F)cc4s3)cc2)cc1)C(=O)O. The number of amides is 1. The molecule has 0 radical (unpaired) electrons. The van der Waals surface area contributed by atoms with Gasteiger partial charge in [-0.25, -0.2) is 14.2 Å². The predicted octanol–water partition coefficient (Wildman–Crippen LogP) is 5.44. The van der Waals surface area contributed by atoms with Gasteiger partial charge in [-0.15, -0.1) is 0 Å². The number of halogens is 1. The van der Waals surface area contributed by atoms with Crippen LogP contribution >= 0.6 is 11.3 Å². The average Bonchev–Trinajstić information content (AvgIpc) is 3.15. The second-order valence-corrected chi connectivity index (χ2v) is 8.83. The summed E-state index contributed by atoms with van der Waals surface area (Å²) in [5, 5.41) is 15.6. The van der Waals surface area contributed by atoms with Gasteiger partial charge in [-0.05, 0) is 67.4 Å². The molecule has 0 aliphatic heterocycles. The van der Waals surface area contributed by atoms with Crippen LogP contribution in [0.25, 0.3) is 21.3 Å². The van der Waals surface area contributed by atoms with Gasteiger partial charge in [0, 0.05) is 11.3 Å². The molecule has 0 spiro atoms. The number of hydrogen-bond acceptors (Lipinski definition) is 5. The minimum atomic E-state index is -1.35. The molecular formula is C24H20FN3O3S. The number of carbonyl (C=O) groups excluding carboxylic acids is 1. The Kier molecular flexibility index (Phi) is 5.63. The fraction of sp³-hybridized carbons (Fsp3) is 0.125. The third kappa shape index (κ3) is 4.60. The van der Waals surface area contributed by atoms with Gasteiger partial charge in [0.1, 0.15) is 11.4 Å². The van der Waals surface area contributed by atoms with E-state index in [-0.39, 0.29) is 5.82 Å². The van der Waals surface area contributed by atoms with Crippen LogP contribution < -0.4 is 10.6 Å². The molecule has 0 bridgehead atoms. The largest absolute Gasteiger partial charge is 0.480 e. The lowest BCUT2D eigenvalue weighted by Gasteiger charge is -2.21. The second kappa shape index (κ2) is 8.39. The summed E-state index contributed by atoms with van der Waals surface area (Å²) in [5.41, 5.74) is 2.50. The number of carboxylic acids is 1. The van der Waals surface area contributed by atoms with Gasteiger partial charge in [0.25, 0.3) is 5.91 Å². The van der Waals surface area contributed by atoms with E-state index in [1.54, 1.807) is 18.2 Å². The Balaban J connectivity index is 1.45. The zero-order valence-corrected chi connectivity index (χ0v) is 18.2. The number of carbonyl (C=O) groups is 2. The number of rotatable bonds is 6. The van der Waals surface area contributed by atoms with Crippen molar-refractivity contribution in [2.45, 2.75) is 19.4 Å². The number of fused-ring (bicyclic) bond motifs is 1. The highest BCUT2D eigenvalue weighted by atomic mass is 32.1. The Bertz CT molecular complexity index is 1300. The molecule has 6 nitrogen and oxygen atoms in total. The number of aromatic nitrogens is 1. The molecule has 0 aliphatic rings. The molecule has 0 atom stereocenters. The first-order valence-corrected chi connectivity index (χ1v) is 10.6. The van der Waals surface area contributed by atoms with Crippen molar-refractivity contribution in [3.63, 3.8) is 0 Å². The van der Waals surface area contributed by atoms with Crippen LogP contribution in [0, 0.1) is 5.82 Å². The van der Waals surface area contributed by atoms with Gasteiger partial charge in [-0.2, -0.15) is 0 Å². The molecule has 0 fully saturated rings. The molecule has 4 rings (SSSR count). The smallest absolute Gasteiger partial charge is 0.328 e.